The molecule has 0 atom stereocenters. The number of benzene rings is 1. The predicted octanol–water partition coefficient (Wildman–Crippen LogP) is 3.04. The number of aryl methyl sites for hydroxylation is 2. The Bertz CT molecular complexity index is 630. The molecule has 2 rings (SSSR count). The number of hydrogen-bond donors (Lipinski definition) is 0. The Morgan fingerprint density at radius 1 is 1.43 bits per heavy atom. The highest BCUT2D eigenvalue weighted by molar-refractivity contribution is 9.10. The molecule has 112 valence electrons. The van der Waals surface area contributed by atoms with Gasteiger partial charge in [-0.15, -0.1) is 0 Å². The van der Waals surface area contributed by atoms with Gasteiger partial charge in [-0.1, -0.05) is 33.6 Å². The predicted molar refractivity (Wildman–Crippen MR) is 83.2 cm³/mol. The van der Waals surface area contributed by atoms with E-state index in [2.05, 4.69) is 26.0 Å². The van der Waals surface area contributed by atoms with Crippen LogP contribution in [0.1, 0.15) is 18.3 Å². The summed E-state index contributed by atoms with van der Waals surface area (Å²) in [5.41, 5.74) is 1.04. The van der Waals surface area contributed by atoms with Crippen LogP contribution in [0.25, 0.3) is 0 Å². The third-order valence-corrected chi connectivity index (χ3v) is 3.66. The van der Waals surface area contributed by atoms with E-state index in [1.165, 1.54) is 11.0 Å². The van der Waals surface area contributed by atoms with E-state index in [1.54, 1.807) is 6.92 Å². The zero-order chi connectivity index (χ0) is 15.2. The van der Waals surface area contributed by atoms with Crippen LogP contribution in [-0.4, -0.2) is 27.3 Å². The van der Waals surface area contributed by atoms with Gasteiger partial charge in [-0.25, -0.2) is 9.67 Å². The average Bonchev–Trinajstić information content (AvgIpc) is 2.85. The van der Waals surface area contributed by atoms with E-state index in [1.807, 2.05) is 18.2 Å². The maximum absolute atomic E-state index is 11.3. The van der Waals surface area contributed by atoms with Gasteiger partial charge < -0.3 is 4.74 Å². The van der Waals surface area contributed by atoms with E-state index in [-0.39, 0.29) is 12.5 Å². The van der Waals surface area contributed by atoms with E-state index in [9.17, 15) is 4.79 Å². The second-order valence-electron chi connectivity index (χ2n) is 4.40. The first-order valence-corrected chi connectivity index (χ1v) is 7.73. The van der Waals surface area contributed by atoms with E-state index in [0.717, 1.165) is 21.5 Å². The van der Waals surface area contributed by atoms with Crippen LogP contribution >= 0.6 is 27.5 Å². The minimum atomic E-state index is -0.315. The van der Waals surface area contributed by atoms with Crippen molar-refractivity contribution in [1.82, 2.24) is 14.8 Å². The lowest BCUT2D eigenvalue weighted by molar-refractivity contribution is -0.144. The van der Waals surface area contributed by atoms with Crippen molar-refractivity contribution < 1.29 is 9.53 Å². The van der Waals surface area contributed by atoms with Gasteiger partial charge in [0.05, 0.1) is 6.61 Å². The summed E-state index contributed by atoms with van der Waals surface area (Å²) in [6.07, 6.45) is 2.95. The molecule has 0 bridgehead atoms. The Hall–Kier alpha value is -1.40. The van der Waals surface area contributed by atoms with Crippen molar-refractivity contribution in [2.75, 3.05) is 6.61 Å². The summed E-state index contributed by atoms with van der Waals surface area (Å²) in [6.45, 7) is 2.22. The van der Waals surface area contributed by atoms with Gasteiger partial charge in [0.25, 0.3) is 0 Å². The molecule has 0 aliphatic heterocycles. The van der Waals surface area contributed by atoms with Crippen LogP contribution in [0.3, 0.4) is 0 Å². The highest BCUT2D eigenvalue weighted by Crippen LogP contribution is 2.22. The van der Waals surface area contributed by atoms with Crippen LogP contribution in [0.5, 0.6) is 0 Å². The summed E-state index contributed by atoms with van der Waals surface area (Å²) >= 11 is 9.54. The van der Waals surface area contributed by atoms with Crippen molar-refractivity contribution >= 4 is 33.5 Å². The normalized spacial score (nSPS) is 10.6. The van der Waals surface area contributed by atoms with Gasteiger partial charge in [0.15, 0.2) is 5.82 Å². The van der Waals surface area contributed by atoms with Crippen molar-refractivity contribution in [2.24, 2.45) is 0 Å². The molecule has 0 saturated carbocycles. The number of aromatic nitrogens is 3. The fourth-order valence-electron chi connectivity index (χ4n) is 1.83. The Kier molecular flexibility index (Phi) is 5.76. The zero-order valence-corrected chi connectivity index (χ0v) is 13.9. The number of esters is 1. The molecule has 0 radical (unpaired) electrons. The molecule has 0 fully saturated rings. The van der Waals surface area contributed by atoms with Crippen LogP contribution in [0.4, 0.5) is 0 Å². The molecule has 1 aromatic carbocycles. The molecule has 1 heterocycles. The summed E-state index contributed by atoms with van der Waals surface area (Å²) in [5.74, 6) is 0.364. The second kappa shape index (κ2) is 7.56. The third kappa shape index (κ3) is 4.82. The lowest BCUT2D eigenvalue weighted by atomic mass is 10.1. The standard InChI is InChI=1S/C14H15BrClN3O2/c1-2-21-14(20)8-19-9-17-13(18-19)6-4-10-3-5-11(15)7-12(10)16/h3,5,7,9H,2,4,6,8H2,1H3. The first-order chi connectivity index (χ1) is 10.1. The third-order valence-electron chi connectivity index (χ3n) is 2.81. The van der Waals surface area contributed by atoms with Gasteiger partial charge in [0.1, 0.15) is 12.9 Å². The summed E-state index contributed by atoms with van der Waals surface area (Å²) in [5, 5.41) is 4.97. The van der Waals surface area contributed by atoms with Gasteiger partial charge in [-0.05, 0) is 31.0 Å². The van der Waals surface area contributed by atoms with E-state index in [0.29, 0.717) is 18.9 Å². The fraction of sp³-hybridized carbons (Fsp3) is 0.357. The molecule has 0 aliphatic carbocycles. The lowest BCUT2D eigenvalue weighted by Crippen LogP contribution is -2.14. The van der Waals surface area contributed by atoms with Crippen LogP contribution in [0.2, 0.25) is 5.02 Å². The number of carbonyl (C=O) groups excluding carboxylic acids is 1. The van der Waals surface area contributed by atoms with Gasteiger partial charge in [-0.3, -0.25) is 4.79 Å². The molecule has 0 unspecified atom stereocenters. The van der Waals surface area contributed by atoms with Crippen molar-refractivity contribution in [3.63, 3.8) is 0 Å². The van der Waals surface area contributed by atoms with Crippen LogP contribution < -0.4 is 0 Å². The number of carbonyl (C=O) groups is 1. The Morgan fingerprint density at radius 2 is 2.24 bits per heavy atom. The number of halogens is 2. The number of nitrogens with zero attached hydrogens (tertiary/aromatic N) is 3. The van der Waals surface area contributed by atoms with Crippen LogP contribution in [-0.2, 0) is 28.9 Å². The topological polar surface area (TPSA) is 57.0 Å². The SMILES string of the molecule is CCOC(=O)Cn1cnc(CCc2ccc(Br)cc2Cl)n1. The molecule has 2 aromatic rings. The second-order valence-corrected chi connectivity index (χ2v) is 5.72. The molecule has 0 N–H and O–H groups in total. The minimum Gasteiger partial charge on any atom is -0.465 e. The summed E-state index contributed by atoms with van der Waals surface area (Å²) < 4.78 is 7.30. The molecule has 21 heavy (non-hydrogen) atoms. The van der Waals surface area contributed by atoms with Crippen molar-refractivity contribution in [3.8, 4) is 0 Å². The summed E-state index contributed by atoms with van der Waals surface area (Å²) in [7, 11) is 0. The highest BCUT2D eigenvalue weighted by Gasteiger charge is 2.08. The van der Waals surface area contributed by atoms with Gasteiger partial charge in [0.2, 0.25) is 0 Å². The largest absolute Gasteiger partial charge is 0.465 e. The first kappa shape index (κ1) is 16.0. The van der Waals surface area contributed by atoms with Crippen molar-refractivity contribution in [2.45, 2.75) is 26.3 Å². The quantitative estimate of drug-likeness (QED) is 0.731. The number of ether oxygens (including phenoxy) is 1. The molecular weight excluding hydrogens is 358 g/mol. The molecule has 7 heteroatoms. The molecule has 1 aromatic heterocycles. The van der Waals surface area contributed by atoms with E-state index in [4.69, 9.17) is 16.3 Å². The Labute approximate surface area is 136 Å². The molecule has 0 amide bonds. The van der Waals surface area contributed by atoms with Crippen molar-refractivity contribution in [3.05, 3.63) is 45.4 Å². The monoisotopic (exact) mass is 371 g/mol. The van der Waals surface area contributed by atoms with Gasteiger partial charge >= 0.3 is 5.97 Å². The van der Waals surface area contributed by atoms with E-state index >= 15 is 0 Å². The fourth-order valence-corrected chi connectivity index (χ4v) is 2.60. The minimum absolute atomic E-state index is 0.0832. The van der Waals surface area contributed by atoms with Gasteiger partial charge in [0, 0.05) is 15.9 Å². The summed E-state index contributed by atoms with van der Waals surface area (Å²) in [4.78, 5) is 15.5. The first-order valence-electron chi connectivity index (χ1n) is 6.56. The zero-order valence-electron chi connectivity index (χ0n) is 11.6. The average molecular weight is 373 g/mol. The number of hydrogen-bond acceptors (Lipinski definition) is 4. The Morgan fingerprint density at radius 3 is 2.95 bits per heavy atom. The van der Waals surface area contributed by atoms with Gasteiger partial charge in [-0.2, -0.15) is 5.10 Å². The van der Waals surface area contributed by atoms with Crippen molar-refractivity contribution in [1.29, 1.82) is 0 Å². The molecule has 0 saturated heterocycles. The van der Waals surface area contributed by atoms with Crippen LogP contribution in [0, 0.1) is 0 Å². The maximum atomic E-state index is 11.3. The van der Waals surface area contributed by atoms with Crippen LogP contribution in [0.15, 0.2) is 29.0 Å². The molecule has 0 spiro atoms. The highest BCUT2D eigenvalue weighted by atomic mass is 79.9. The molecular formula is C14H15BrClN3O2. The molecule has 5 nitrogen and oxygen atoms in total. The smallest absolute Gasteiger partial charge is 0.327 e. The molecule has 0 aliphatic rings. The summed E-state index contributed by atoms with van der Waals surface area (Å²) in [6, 6.07) is 5.79. The number of rotatable bonds is 6. The Balaban J connectivity index is 1.92. The lowest BCUT2D eigenvalue weighted by Gasteiger charge is -2.03. The maximum Gasteiger partial charge on any atom is 0.327 e. The van der Waals surface area contributed by atoms with E-state index < -0.39 is 0 Å².